The summed E-state index contributed by atoms with van der Waals surface area (Å²) in [7, 11) is 0. The second-order valence-corrected chi connectivity index (χ2v) is 8.50. The molecule has 0 aromatic rings. The van der Waals surface area contributed by atoms with Gasteiger partial charge in [0.2, 0.25) is 0 Å². The maximum Gasteiger partial charge on any atom is 0.187 e. The van der Waals surface area contributed by atoms with Gasteiger partial charge in [0.15, 0.2) is 12.6 Å². The third kappa shape index (κ3) is 7.28. The van der Waals surface area contributed by atoms with Gasteiger partial charge in [0.05, 0.1) is 13.2 Å². The van der Waals surface area contributed by atoms with Crippen LogP contribution in [-0.2, 0) is 18.9 Å². The molecule has 0 bridgehead atoms. The predicted molar refractivity (Wildman–Crippen MR) is 110 cm³/mol. The summed E-state index contributed by atoms with van der Waals surface area (Å²) in [6.07, 6.45) is -6.68. The Kier molecular flexibility index (Phi) is 12.2. The number of aliphatic hydroxyl groups is 7. The fraction of sp³-hybridized carbons (Fsp3) is 1.00. The van der Waals surface area contributed by atoms with Crippen molar-refractivity contribution in [1.29, 1.82) is 0 Å². The lowest BCUT2D eigenvalue weighted by Crippen LogP contribution is -2.64. The minimum atomic E-state index is -1.69. The highest BCUT2D eigenvalue weighted by molar-refractivity contribution is 4.94. The number of aliphatic hydroxyl groups excluding tert-OH is 7. The molecule has 0 aromatic carbocycles. The van der Waals surface area contributed by atoms with E-state index in [2.05, 4.69) is 6.92 Å². The maximum atomic E-state index is 10.5. The smallest absolute Gasteiger partial charge is 0.187 e. The van der Waals surface area contributed by atoms with Crippen molar-refractivity contribution in [1.82, 2.24) is 0 Å². The van der Waals surface area contributed by atoms with E-state index in [1.807, 2.05) is 0 Å². The highest BCUT2D eigenvalue weighted by Crippen LogP contribution is 2.29. The Balaban J connectivity index is 1.86. The van der Waals surface area contributed by atoms with Crippen molar-refractivity contribution in [2.45, 2.75) is 113 Å². The minimum Gasteiger partial charge on any atom is -0.394 e. The molecule has 2 rings (SSSR count). The van der Waals surface area contributed by atoms with Crippen molar-refractivity contribution in [2.24, 2.45) is 0 Å². The molecule has 0 aliphatic carbocycles. The van der Waals surface area contributed by atoms with Crippen LogP contribution in [0.2, 0.25) is 0 Å². The van der Waals surface area contributed by atoms with Gasteiger partial charge in [-0.15, -0.1) is 0 Å². The zero-order valence-electron chi connectivity index (χ0n) is 18.6. The summed E-state index contributed by atoms with van der Waals surface area (Å²) in [6.45, 7) is 1.26. The molecule has 11 nitrogen and oxygen atoms in total. The van der Waals surface area contributed by atoms with Gasteiger partial charge < -0.3 is 54.7 Å². The van der Waals surface area contributed by atoms with Crippen molar-refractivity contribution in [3.63, 3.8) is 0 Å². The molecular formula is C21H40O11. The third-order valence-electron chi connectivity index (χ3n) is 5.99. The molecule has 2 aliphatic heterocycles. The lowest BCUT2D eigenvalue weighted by molar-refractivity contribution is -0.359. The summed E-state index contributed by atoms with van der Waals surface area (Å²) in [6, 6.07) is 0. The Bertz CT molecular complexity index is 506. The van der Waals surface area contributed by atoms with Crippen LogP contribution >= 0.6 is 0 Å². The molecule has 0 amide bonds. The Hall–Kier alpha value is -0.440. The first kappa shape index (κ1) is 27.8. The first-order chi connectivity index (χ1) is 15.3. The van der Waals surface area contributed by atoms with Gasteiger partial charge in [-0.2, -0.15) is 0 Å². The van der Waals surface area contributed by atoms with E-state index in [4.69, 9.17) is 18.9 Å². The van der Waals surface area contributed by atoms with Crippen LogP contribution < -0.4 is 0 Å². The summed E-state index contributed by atoms with van der Waals surface area (Å²) in [5.74, 6) is 0. The Morgan fingerprint density at radius 1 is 0.625 bits per heavy atom. The first-order valence-electron chi connectivity index (χ1n) is 11.6. The van der Waals surface area contributed by atoms with Crippen LogP contribution in [0.5, 0.6) is 0 Å². The van der Waals surface area contributed by atoms with E-state index in [0.717, 1.165) is 19.3 Å². The molecule has 2 saturated heterocycles. The molecule has 0 saturated carbocycles. The number of hydrogen-bond donors (Lipinski definition) is 7. The molecule has 2 fully saturated rings. The zero-order valence-corrected chi connectivity index (χ0v) is 18.6. The fourth-order valence-electron chi connectivity index (χ4n) is 3.95. The summed E-state index contributed by atoms with van der Waals surface area (Å²) >= 11 is 0. The summed E-state index contributed by atoms with van der Waals surface area (Å²) in [4.78, 5) is 0. The minimum absolute atomic E-state index is 0.318. The van der Waals surface area contributed by atoms with Gasteiger partial charge in [-0.25, -0.2) is 0 Å². The average Bonchev–Trinajstić information content (AvgIpc) is 2.79. The lowest BCUT2D eigenvalue weighted by atomic mass is 9.97. The summed E-state index contributed by atoms with van der Waals surface area (Å²) < 4.78 is 21.9. The standard InChI is InChI=1S/C21H40O11/c1-2-3-4-5-6-7-8-9-29-20-18(28)16(26)19(13(11-23)31-20)32-21-17(27)15(25)14(24)12(10-22)30-21/h12-28H,2-11H2,1H3/t12-,13-,14-,15+,16-,17-,18-,19-,20+,21-/m1/s1. The van der Waals surface area contributed by atoms with Crippen molar-refractivity contribution in [3.8, 4) is 0 Å². The van der Waals surface area contributed by atoms with Gasteiger partial charge in [-0.1, -0.05) is 45.4 Å². The molecule has 0 radical (unpaired) electrons. The summed E-state index contributed by atoms with van der Waals surface area (Å²) in [5, 5.41) is 69.8. The van der Waals surface area contributed by atoms with E-state index < -0.39 is 74.6 Å². The van der Waals surface area contributed by atoms with Gasteiger partial charge in [-0.05, 0) is 6.42 Å². The van der Waals surface area contributed by atoms with Crippen molar-refractivity contribution < 1.29 is 54.7 Å². The largest absolute Gasteiger partial charge is 0.394 e. The van der Waals surface area contributed by atoms with E-state index in [9.17, 15) is 35.7 Å². The van der Waals surface area contributed by atoms with Crippen LogP contribution in [0.4, 0.5) is 0 Å². The summed E-state index contributed by atoms with van der Waals surface area (Å²) in [5.41, 5.74) is 0. The topological polar surface area (TPSA) is 179 Å². The molecule has 11 heteroatoms. The van der Waals surface area contributed by atoms with E-state index in [1.165, 1.54) is 25.7 Å². The van der Waals surface area contributed by atoms with Crippen LogP contribution in [0.1, 0.15) is 51.9 Å². The molecule has 2 heterocycles. The highest BCUT2D eigenvalue weighted by atomic mass is 16.7. The van der Waals surface area contributed by atoms with Crippen molar-refractivity contribution in [2.75, 3.05) is 19.8 Å². The van der Waals surface area contributed by atoms with Gasteiger partial charge in [0.25, 0.3) is 0 Å². The van der Waals surface area contributed by atoms with Crippen molar-refractivity contribution >= 4 is 0 Å². The molecule has 190 valence electrons. The Morgan fingerprint density at radius 3 is 1.81 bits per heavy atom. The second-order valence-electron chi connectivity index (χ2n) is 8.50. The molecular weight excluding hydrogens is 428 g/mol. The highest BCUT2D eigenvalue weighted by Gasteiger charge is 2.50. The van der Waals surface area contributed by atoms with Crippen molar-refractivity contribution in [3.05, 3.63) is 0 Å². The van der Waals surface area contributed by atoms with Crippen LogP contribution in [0.3, 0.4) is 0 Å². The number of hydrogen-bond acceptors (Lipinski definition) is 11. The Labute approximate surface area is 188 Å². The molecule has 32 heavy (non-hydrogen) atoms. The van der Waals surface area contributed by atoms with Crippen LogP contribution in [-0.4, -0.2) is 117 Å². The number of ether oxygens (including phenoxy) is 4. The van der Waals surface area contributed by atoms with E-state index in [-0.39, 0.29) is 0 Å². The zero-order chi connectivity index (χ0) is 23.7. The molecule has 0 unspecified atom stereocenters. The van der Waals surface area contributed by atoms with Gasteiger partial charge in [0.1, 0.15) is 48.8 Å². The van der Waals surface area contributed by atoms with Crippen LogP contribution in [0, 0.1) is 0 Å². The van der Waals surface area contributed by atoms with E-state index in [1.54, 1.807) is 0 Å². The Morgan fingerprint density at radius 2 is 1.19 bits per heavy atom. The maximum absolute atomic E-state index is 10.5. The quantitative estimate of drug-likeness (QED) is 0.154. The average molecular weight is 469 g/mol. The van der Waals surface area contributed by atoms with E-state index >= 15 is 0 Å². The SMILES string of the molecule is CCCCCCCCCO[C@H]1O[C@H](CO)[C@@H](O[C@H]2O[C@H](CO)[C@@H](O)[C@H](O)[C@H]2O)[C@H](O)[C@H]1O. The first-order valence-corrected chi connectivity index (χ1v) is 11.6. The third-order valence-corrected chi connectivity index (χ3v) is 5.99. The normalized spacial score (nSPS) is 40.5. The molecule has 7 N–H and O–H groups in total. The molecule has 0 spiro atoms. The fourth-order valence-corrected chi connectivity index (χ4v) is 3.95. The van der Waals surface area contributed by atoms with E-state index in [0.29, 0.717) is 6.61 Å². The monoisotopic (exact) mass is 468 g/mol. The van der Waals surface area contributed by atoms with Gasteiger partial charge >= 0.3 is 0 Å². The van der Waals surface area contributed by atoms with Crippen LogP contribution in [0.25, 0.3) is 0 Å². The molecule has 2 aliphatic rings. The van der Waals surface area contributed by atoms with Gasteiger partial charge in [-0.3, -0.25) is 0 Å². The van der Waals surface area contributed by atoms with Crippen LogP contribution in [0.15, 0.2) is 0 Å². The number of unbranched alkanes of at least 4 members (excludes halogenated alkanes) is 6. The lowest BCUT2D eigenvalue weighted by Gasteiger charge is -2.45. The predicted octanol–water partition coefficient (Wildman–Crippen LogP) is -1.62. The molecule has 0 aromatic heterocycles. The second kappa shape index (κ2) is 14.1. The molecule has 10 atom stereocenters. The van der Waals surface area contributed by atoms with Gasteiger partial charge in [0, 0.05) is 6.61 Å². The number of rotatable bonds is 13.